The van der Waals surface area contributed by atoms with Crippen LogP contribution in [0.4, 0.5) is 0 Å². The number of sulfonamides is 1. The van der Waals surface area contributed by atoms with Gasteiger partial charge in [-0.05, 0) is 30.7 Å². The number of amides is 2. The van der Waals surface area contributed by atoms with Gasteiger partial charge >= 0.3 is 0 Å². The number of hydrogen-bond donors (Lipinski definition) is 2. The van der Waals surface area contributed by atoms with Crippen LogP contribution in [0.25, 0.3) is 0 Å². The van der Waals surface area contributed by atoms with E-state index in [0.29, 0.717) is 12.1 Å². The van der Waals surface area contributed by atoms with Gasteiger partial charge in [-0.25, -0.2) is 8.42 Å². The molecule has 2 heterocycles. The van der Waals surface area contributed by atoms with Crippen LogP contribution in [-0.4, -0.2) is 71.6 Å². The fraction of sp³-hybridized carbons (Fsp3) is 0.500. The third-order valence-electron chi connectivity index (χ3n) is 5.65. The van der Waals surface area contributed by atoms with E-state index in [1.165, 1.54) is 27.8 Å². The maximum Gasteiger partial charge on any atom is 0.273 e. The molecular formula is C22H30Cl2N6O4S. The van der Waals surface area contributed by atoms with Gasteiger partial charge in [0.15, 0.2) is 6.17 Å². The number of nitrogens with two attached hydrogens (primary N) is 1. The van der Waals surface area contributed by atoms with Crippen LogP contribution in [-0.2, 0) is 27.3 Å². The van der Waals surface area contributed by atoms with Crippen molar-refractivity contribution in [2.24, 2.45) is 12.8 Å². The Bertz CT molecular complexity index is 1230. The largest absolute Gasteiger partial charge is 0.352 e. The van der Waals surface area contributed by atoms with Gasteiger partial charge in [0.25, 0.3) is 11.8 Å². The van der Waals surface area contributed by atoms with Crippen LogP contribution in [0.5, 0.6) is 0 Å². The lowest BCUT2D eigenvalue weighted by molar-refractivity contribution is -0.130. The Morgan fingerprint density at radius 1 is 1.17 bits per heavy atom. The number of nitrogens with zero attached hydrogens (tertiary/aromatic N) is 4. The fourth-order valence-corrected chi connectivity index (χ4v) is 5.76. The van der Waals surface area contributed by atoms with Crippen LogP contribution in [0.1, 0.15) is 43.4 Å². The van der Waals surface area contributed by atoms with Crippen molar-refractivity contribution < 1.29 is 18.0 Å². The summed E-state index contributed by atoms with van der Waals surface area (Å²) in [6.45, 7) is 6.41. The molecule has 3 rings (SSSR count). The Kier molecular flexibility index (Phi) is 8.17. The Labute approximate surface area is 215 Å². The molecule has 0 saturated carbocycles. The van der Waals surface area contributed by atoms with Gasteiger partial charge in [-0.2, -0.15) is 9.40 Å². The van der Waals surface area contributed by atoms with Crippen LogP contribution in [0.2, 0.25) is 10.0 Å². The monoisotopic (exact) mass is 544 g/mol. The van der Waals surface area contributed by atoms with Gasteiger partial charge in [-0.15, -0.1) is 0 Å². The number of carbonyl (C=O) groups is 2. The van der Waals surface area contributed by atoms with E-state index in [1.807, 2.05) is 20.8 Å². The number of rotatable bonds is 6. The zero-order valence-corrected chi connectivity index (χ0v) is 22.4. The van der Waals surface area contributed by atoms with Crippen molar-refractivity contribution in [2.45, 2.75) is 43.7 Å². The van der Waals surface area contributed by atoms with Gasteiger partial charge in [-0.3, -0.25) is 14.3 Å². The van der Waals surface area contributed by atoms with Gasteiger partial charge in [-0.1, -0.05) is 44.0 Å². The summed E-state index contributed by atoms with van der Waals surface area (Å²) in [6.07, 6.45) is -1.09. The molecule has 13 heteroatoms. The number of halogens is 2. The van der Waals surface area contributed by atoms with Crippen molar-refractivity contribution in [2.75, 3.05) is 26.2 Å². The van der Waals surface area contributed by atoms with E-state index >= 15 is 0 Å². The smallest absolute Gasteiger partial charge is 0.273 e. The number of aromatic nitrogens is 2. The average Bonchev–Trinajstić information content (AvgIpc) is 3.20. The minimum absolute atomic E-state index is 0.0334. The van der Waals surface area contributed by atoms with E-state index in [2.05, 4.69) is 10.4 Å². The Morgan fingerprint density at radius 2 is 1.86 bits per heavy atom. The van der Waals surface area contributed by atoms with Crippen LogP contribution < -0.4 is 11.1 Å². The van der Waals surface area contributed by atoms with Crippen LogP contribution in [0, 0.1) is 0 Å². The second-order valence-corrected chi connectivity index (χ2v) is 12.0. The predicted molar refractivity (Wildman–Crippen MR) is 134 cm³/mol. The summed E-state index contributed by atoms with van der Waals surface area (Å²) < 4.78 is 29.7. The predicted octanol–water partition coefficient (Wildman–Crippen LogP) is 1.96. The molecule has 0 radical (unpaired) electrons. The van der Waals surface area contributed by atoms with Crippen molar-refractivity contribution in [3.63, 3.8) is 0 Å². The molecule has 1 aliphatic heterocycles. The highest BCUT2D eigenvalue weighted by molar-refractivity contribution is 7.89. The number of hydrogen-bond acceptors (Lipinski definition) is 6. The topological polar surface area (TPSA) is 131 Å². The molecule has 1 saturated heterocycles. The van der Waals surface area contributed by atoms with Crippen LogP contribution in [0.3, 0.4) is 0 Å². The van der Waals surface area contributed by atoms with Gasteiger partial charge in [0.05, 0.1) is 20.6 Å². The summed E-state index contributed by atoms with van der Waals surface area (Å²) in [6, 6.07) is 5.59. The fourth-order valence-electron chi connectivity index (χ4n) is 3.77. The first-order chi connectivity index (χ1) is 16.3. The molecule has 2 amide bonds. The number of carbonyl (C=O) groups excluding carboxylic acids is 2. The summed E-state index contributed by atoms with van der Waals surface area (Å²) in [5, 5.41) is 7.33. The molecule has 35 heavy (non-hydrogen) atoms. The lowest BCUT2D eigenvalue weighted by Crippen LogP contribution is -2.63. The molecule has 192 valence electrons. The van der Waals surface area contributed by atoms with Crippen molar-refractivity contribution >= 4 is 45.0 Å². The van der Waals surface area contributed by atoms with Crippen LogP contribution in [0.15, 0.2) is 29.2 Å². The van der Waals surface area contributed by atoms with E-state index < -0.39 is 28.0 Å². The Hall–Kier alpha value is -2.18. The molecule has 1 aromatic carbocycles. The van der Waals surface area contributed by atoms with Crippen molar-refractivity contribution in [1.29, 1.82) is 0 Å². The zero-order chi connectivity index (χ0) is 26.1. The van der Waals surface area contributed by atoms with E-state index in [9.17, 15) is 18.0 Å². The van der Waals surface area contributed by atoms with Gasteiger partial charge < -0.3 is 16.0 Å². The quantitative estimate of drug-likeness (QED) is 0.571. The summed E-state index contributed by atoms with van der Waals surface area (Å²) in [5.74, 6) is -1.15. The summed E-state index contributed by atoms with van der Waals surface area (Å²) in [5.41, 5.74) is 6.17. The average molecular weight is 545 g/mol. The normalized spacial score (nSPS) is 17.5. The van der Waals surface area contributed by atoms with Gasteiger partial charge in [0, 0.05) is 38.6 Å². The second kappa shape index (κ2) is 10.4. The van der Waals surface area contributed by atoms with E-state index in [-0.39, 0.29) is 52.2 Å². The molecule has 1 fully saturated rings. The SMILES string of the molecule is Cn1nc(C(C)(C)C)cc1C(=O)N1CCCN(S(=O)(=O)c2ccc(Cl)c(Cl)c2)C1C(=O)NCCN. The standard InChI is InChI=1S/C22H30Cl2N6O4S/c1-22(2,3)18-13-17(28(4)27-18)21(32)29-10-5-11-30(20(29)19(31)26-9-8-25)35(33,34)14-6-7-15(23)16(24)12-14/h6-7,12-13,20H,5,8-11,25H2,1-4H3,(H,26,31). The number of nitrogens with one attached hydrogen (secondary N) is 1. The highest BCUT2D eigenvalue weighted by Gasteiger charge is 2.45. The summed E-state index contributed by atoms with van der Waals surface area (Å²) >= 11 is 12.0. The lowest BCUT2D eigenvalue weighted by atomic mass is 9.92. The highest BCUT2D eigenvalue weighted by Crippen LogP contribution is 2.30. The summed E-state index contributed by atoms with van der Waals surface area (Å²) in [4.78, 5) is 28.0. The molecular weight excluding hydrogens is 515 g/mol. The maximum absolute atomic E-state index is 13.7. The molecule has 1 unspecified atom stereocenters. The molecule has 1 aliphatic rings. The Morgan fingerprint density at radius 3 is 2.43 bits per heavy atom. The second-order valence-electron chi connectivity index (χ2n) is 9.29. The number of aryl methyl sites for hydroxylation is 1. The molecule has 10 nitrogen and oxygen atoms in total. The first-order valence-electron chi connectivity index (χ1n) is 11.1. The first kappa shape index (κ1) is 27.4. The molecule has 1 atom stereocenters. The number of benzene rings is 1. The minimum atomic E-state index is -4.22. The molecule has 0 spiro atoms. The minimum Gasteiger partial charge on any atom is -0.352 e. The van der Waals surface area contributed by atoms with Gasteiger partial charge in [0.2, 0.25) is 10.0 Å². The zero-order valence-electron chi connectivity index (χ0n) is 20.1. The van der Waals surface area contributed by atoms with Gasteiger partial charge in [0.1, 0.15) is 5.69 Å². The third kappa shape index (κ3) is 5.64. The summed E-state index contributed by atoms with van der Waals surface area (Å²) in [7, 11) is -2.58. The molecule has 2 aromatic rings. The molecule has 0 bridgehead atoms. The highest BCUT2D eigenvalue weighted by atomic mass is 35.5. The van der Waals surface area contributed by atoms with E-state index in [4.69, 9.17) is 28.9 Å². The maximum atomic E-state index is 13.7. The molecule has 3 N–H and O–H groups in total. The van der Waals surface area contributed by atoms with E-state index in [1.54, 1.807) is 13.1 Å². The van der Waals surface area contributed by atoms with Crippen molar-refractivity contribution in [3.05, 3.63) is 45.7 Å². The van der Waals surface area contributed by atoms with Crippen molar-refractivity contribution in [1.82, 2.24) is 24.3 Å². The Balaban J connectivity index is 2.06. The molecule has 1 aromatic heterocycles. The lowest BCUT2D eigenvalue weighted by Gasteiger charge is -2.41. The first-order valence-corrected chi connectivity index (χ1v) is 13.3. The van der Waals surface area contributed by atoms with Crippen LogP contribution >= 0.6 is 23.2 Å². The van der Waals surface area contributed by atoms with E-state index in [0.717, 1.165) is 4.31 Å². The molecule has 0 aliphatic carbocycles. The van der Waals surface area contributed by atoms with Crippen molar-refractivity contribution in [3.8, 4) is 0 Å². The third-order valence-corrected chi connectivity index (χ3v) is 8.24.